The lowest BCUT2D eigenvalue weighted by molar-refractivity contribution is -0.127. The number of hydrogen-bond acceptors (Lipinski definition) is 3. The van der Waals surface area contributed by atoms with Gasteiger partial charge in [-0.3, -0.25) is 4.79 Å². The number of hydrogen-bond donors (Lipinski definition) is 1. The van der Waals surface area contributed by atoms with Crippen molar-refractivity contribution in [1.29, 1.82) is 0 Å². The largest absolute Gasteiger partial charge is 0.494 e. The predicted molar refractivity (Wildman–Crippen MR) is 84.9 cm³/mol. The van der Waals surface area contributed by atoms with Crippen molar-refractivity contribution >= 4 is 12.0 Å². The van der Waals surface area contributed by atoms with Crippen LogP contribution in [-0.2, 0) is 4.79 Å². The summed E-state index contributed by atoms with van der Waals surface area (Å²) in [4.78, 5) is 14.0. The Bertz CT molecular complexity index is 558. The van der Waals surface area contributed by atoms with Crippen LogP contribution in [0.1, 0.15) is 25.3 Å². The fourth-order valence-corrected chi connectivity index (χ4v) is 2.70. The summed E-state index contributed by atoms with van der Waals surface area (Å²) in [5.41, 5.74) is 6.56. The predicted octanol–water partition coefficient (Wildman–Crippen LogP) is 2.43. The zero-order valence-corrected chi connectivity index (χ0v) is 13.1. The fourth-order valence-electron chi connectivity index (χ4n) is 2.70. The Morgan fingerprint density at radius 3 is 2.95 bits per heavy atom. The second-order valence-corrected chi connectivity index (χ2v) is 5.77. The number of carbonyl (C=O) groups excluding carboxylic acids is 1. The molecule has 4 nitrogen and oxygen atoms in total. The second kappa shape index (κ2) is 7.40. The standard InChI is InChI=1S/C17H23FN2O2/c1-12(19)14-4-3-9-20(11-14)17(21)8-6-13-5-7-16(22-2)15(18)10-13/h5-8,10,12,14H,3-4,9,11,19H2,1-2H3/b8-6+. The molecule has 120 valence electrons. The van der Waals surface area contributed by atoms with Crippen LogP contribution in [-0.4, -0.2) is 37.0 Å². The Morgan fingerprint density at radius 1 is 1.55 bits per heavy atom. The van der Waals surface area contributed by atoms with E-state index in [0.29, 0.717) is 18.0 Å². The Hall–Kier alpha value is -1.88. The van der Waals surface area contributed by atoms with Crippen molar-refractivity contribution in [3.63, 3.8) is 0 Å². The van der Waals surface area contributed by atoms with Crippen LogP contribution in [0.4, 0.5) is 4.39 Å². The van der Waals surface area contributed by atoms with Crippen LogP contribution in [0.3, 0.4) is 0 Å². The highest BCUT2D eigenvalue weighted by Crippen LogP contribution is 2.20. The molecular formula is C17H23FN2O2. The van der Waals surface area contributed by atoms with Gasteiger partial charge in [-0.05, 0) is 49.5 Å². The van der Waals surface area contributed by atoms with E-state index in [0.717, 1.165) is 19.4 Å². The number of carbonyl (C=O) groups is 1. The van der Waals surface area contributed by atoms with Crippen LogP contribution in [0.5, 0.6) is 5.75 Å². The highest BCUT2D eigenvalue weighted by molar-refractivity contribution is 5.91. The molecule has 1 aromatic rings. The highest BCUT2D eigenvalue weighted by Gasteiger charge is 2.24. The molecule has 1 fully saturated rings. The summed E-state index contributed by atoms with van der Waals surface area (Å²) in [6, 6.07) is 4.71. The second-order valence-electron chi connectivity index (χ2n) is 5.77. The molecule has 22 heavy (non-hydrogen) atoms. The minimum Gasteiger partial charge on any atom is -0.494 e. The molecule has 0 aliphatic carbocycles. The smallest absolute Gasteiger partial charge is 0.246 e. The first-order valence-corrected chi connectivity index (χ1v) is 7.57. The average Bonchev–Trinajstić information content (AvgIpc) is 2.52. The fraction of sp³-hybridized carbons (Fsp3) is 0.471. The molecule has 1 saturated heterocycles. The number of benzene rings is 1. The maximum absolute atomic E-state index is 13.6. The molecule has 1 aliphatic heterocycles. The van der Waals surface area contributed by atoms with Crippen LogP contribution in [0.15, 0.2) is 24.3 Å². The Labute approximate surface area is 130 Å². The third-order valence-corrected chi connectivity index (χ3v) is 4.11. The van der Waals surface area contributed by atoms with Gasteiger partial charge < -0.3 is 15.4 Å². The van der Waals surface area contributed by atoms with Gasteiger partial charge in [-0.15, -0.1) is 0 Å². The zero-order valence-electron chi connectivity index (χ0n) is 13.1. The van der Waals surface area contributed by atoms with Gasteiger partial charge in [0.25, 0.3) is 0 Å². The van der Waals surface area contributed by atoms with Gasteiger partial charge in [-0.2, -0.15) is 0 Å². The molecule has 0 bridgehead atoms. The molecule has 2 atom stereocenters. The molecule has 1 aliphatic rings. The Morgan fingerprint density at radius 2 is 2.32 bits per heavy atom. The lowest BCUT2D eigenvalue weighted by Gasteiger charge is -2.34. The molecular weight excluding hydrogens is 283 g/mol. The lowest BCUT2D eigenvalue weighted by Crippen LogP contribution is -2.44. The number of nitrogens with zero attached hydrogens (tertiary/aromatic N) is 1. The summed E-state index contributed by atoms with van der Waals surface area (Å²) in [5, 5.41) is 0. The number of nitrogens with two attached hydrogens (primary N) is 1. The topological polar surface area (TPSA) is 55.6 Å². The molecule has 1 aromatic carbocycles. The summed E-state index contributed by atoms with van der Waals surface area (Å²) >= 11 is 0. The summed E-state index contributed by atoms with van der Waals surface area (Å²) in [6.07, 6.45) is 5.16. The van der Waals surface area contributed by atoms with Crippen LogP contribution in [0, 0.1) is 11.7 Å². The van der Waals surface area contributed by atoms with Crippen molar-refractivity contribution in [3.05, 3.63) is 35.7 Å². The first kappa shape index (κ1) is 16.5. The maximum atomic E-state index is 13.6. The average molecular weight is 306 g/mol. The quantitative estimate of drug-likeness (QED) is 0.869. The molecule has 2 unspecified atom stereocenters. The van der Waals surface area contributed by atoms with E-state index in [1.807, 2.05) is 11.8 Å². The lowest BCUT2D eigenvalue weighted by atomic mass is 9.92. The van der Waals surface area contributed by atoms with Gasteiger partial charge in [-0.1, -0.05) is 6.07 Å². The van der Waals surface area contributed by atoms with Gasteiger partial charge in [0.1, 0.15) is 0 Å². The molecule has 5 heteroatoms. The molecule has 0 aromatic heterocycles. The first-order valence-electron chi connectivity index (χ1n) is 7.57. The number of amides is 1. The van der Waals surface area contributed by atoms with Gasteiger partial charge in [0, 0.05) is 25.2 Å². The molecule has 2 N–H and O–H groups in total. The molecule has 1 amide bonds. The number of halogens is 1. The molecule has 1 heterocycles. The van der Waals surface area contributed by atoms with Gasteiger partial charge in [-0.25, -0.2) is 4.39 Å². The Balaban J connectivity index is 2.00. The van der Waals surface area contributed by atoms with Crippen LogP contribution < -0.4 is 10.5 Å². The van der Waals surface area contributed by atoms with Crippen molar-refractivity contribution in [2.24, 2.45) is 11.7 Å². The highest BCUT2D eigenvalue weighted by atomic mass is 19.1. The normalized spacial score (nSPS) is 20.2. The summed E-state index contributed by atoms with van der Waals surface area (Å²) < 4.78 is 18.5. The summed E-state index contributed by atoms with van der Waals surface area (Å²) in [6.45, 7) is 3.43. The summed E-state index contributed by atoms with van der Waals surface area (Å²) in [7, 11) is 1.42. The van der Waals surface area contributed by atoms with Gasteiger partial charge in [0.05, 0.1) is 7.11 Å². The van der Waals surface area contributed by atoms with Crippen LogP contribution in [0.2, 0.25) is 0 Å². The van der Waals surface area contributed by atoms with E-state index in [9.17, 15) is 9.18 Å². The van der Waals surface area contributed by atoms with E-state index >= 15 is 0 Å². The van der Waals surface area contributed by atoms with Crippen LogP contribution in [0.25, 0.3) is 6.08 Å². The van der Waals surface area contributed by atoms with Crippen molar-refractivity contribution in [2.45, 2.75) is 25.8 Å². The first-order chi connectivity index (χ1) is 10.5. The van der Waals surface area contributed by atoms with E-state index < -0.39 is 5.82 Å². The SMILES string of the molecule is COc1ccc(/C=C/C(=O)N2CCCC(C(C)N)C2)cc1F. The molecule has 2 rings (SSSR count). The number of piperidine rings is 1. The van der Waals surface area contributed by atoms with Gasteiger partial charge >= 0.3 is 0 Å². The van der Waals surface area contributed by atoms with Crippen LogP contribution >= 0.6 is 0 Å². The Kier molecular flexibility index (Phi) is 5.55. The number of methoxy groups -OCH3 is 1. The number of likely N-dealkylation sites (tertiary alicyclic amines) is 1. The minimum atomic E-state index is -0.438. The maximum Gasteiger partial charge on any atom is 0.246 e. The minimum absolute atomic E-state index is 0.0541. The van der Waals surface area contributed by atoms with Crippen molar-refractivity contribution in [1.82, 2.24) is 4.90 Å². The number of rotatable bonds is 4. The molecule has 0 radical (unpaired) electrons. The van der Waals surface area contributed by atoms with Crippen molar-refractivity contribution in [2.75, 3.05) is 20.2 Å². The zero-order chi connectivity index (χ0) is 16.1. The molecule has 0 saturated carbocycles. The van der Waals surface area contributed by atoms with Gasteiger partial charge in [0.15, 0.2) is 11.6 Å². The van der Waals surface area contributed by atoms with Crippen molar-refractivity contribution < 1.29 is 13.9 Å². The van der Waals surface area contributed by atoms with Gasteiger partial charge in [0.2, 0.25) is 5.91 Å². The van der Waals surface area contributed by atoms with E-state index in [4.69, 9.17) is 10.5 Å². The van der Waals surface area contributed by atoms with E-state index in [-0.39, 0.29) is 17.7 Å². The van der Waals surface area contributed by atoms with Crippen molar-refractivity contribution in [3.8, 4) is 5.75 Å². The number of ether oxygens (including phenoxy) is 1. The summed E-state index contributed by atoms with van der Waals surface area (Å²) in [5.74, 6) is 0.0532. The molecule has 0 spiro atoms. The van der Waals surface area contributed by atoms with E-state index in [2.05, 4.69) is 0 Å². The third-order valence-electron chi connectivity index (χ3n) is 4.11. The third kappa shape index (κ3) is 4.07. The monoisotopic (exact) mass is 306 g/mol. The van der Waals surface area contributed by atoms with E-state index in [1.165, 1.54) is 19.3 Å². The van der Waals surface area contributed by atoms with E-state index in [1.54, 1.807) is 18.2 Å².